The van der Waals surface area contributed by atoms with Gasteiger partial charge in [-0.05, 0) is 24.1 Å². The van der Waals surface area contributed by atoms with Crippen LogP contribution in [0.25, 0.3) is 0 Å². The third kappa shape index (κ3) is 3.15. The fourth-order valence-corrected chi connectivity index (χ4v) is 1.95. The molecule has 0 fully saturated rings. The predicted molar refractivity (Wildman–Crippen MR) is 66.5 cm³/mol. The number of hydrogen-bond acceptors (Lipinski definition) is 2. The standard InChI is InChI=1S/C14H12F4N2/c15-9-2-1-8(12(17)6-9)5-14(20-19)11-4-3-10(16)7-13(11)18/h1-4,6-7,14,20H,5,19H2. The average molecular weight is 284 g/mol. The summed E-state index contributed by atoms with van der Waals surface area (Å²) in [6.45, 7) is 0. The molecule has 0 aliphatic heterocycles. The number of hydrogen-bond donors (Lipinski definition) is 2. The second-order valence-corrected chi connectivity index (χ2v) is 4.32. The van der Waals surface area contributed by atoms with E-state index in [-0.39, 0.29) is 17.5 Å². The maximum Gasteiger partial charge on any atom is 0.130 e. The summed E-state index contributed by atoms with van der Waals surface area (Å²) in [7, 11) is 0. The Balaban J connectivity index is 2.28. The van der Waals surface area contributed by atoms with Crippen LogP contribution in [0.3, 0.4) is 0 Å². The third-order valence-corrected chi connectivity index (χ3v) is 2.98. The van der Waals surface area contributed by atoms with Gasteiger partial charge < -0.3 is 0 Å². The molecule has 0 aliphatic carbocycles. The van der Waals surface area contributed by atoms with Crippen molar-refractivity contribution in [1.82, 2.24) is 5.43 Å². The number of rotatable bonds is 4. The molecule has 3 N–H and O–H groups in total. The first-order valence-corrected chi connectivity index (χ1v) is 5.86. The van der Waals surface area contributed by atoms with Crippen LogP contribution in [0.4, 0.5) is 17.6 Å². The first-order chi connectivity index (χ1) is 9.51. The Bertz CT molecular complexity index is 616. The van der Waals surface area contributed by atoms with Gasteiger partial charge in [-0.3, -0.25) is 11.3 Å². The van der Waals surface area contributed by atoms with Gasteiger partial charge in [0.25, 0.3) is 0 Å². The van der Waals surface area contributed by atoms with Gasteiger partial charge in [0.1, 0.15) is 23.3 Å². The van der Waals surface area contributed by atoms with Crippen molar-refractivity contribution in [1.29, 1.82) is 0 Å². The van der Waals surface area contributed by atoms with E-state index in [1.165, 1.54) is 12.1 Å². The Morgan fingerprint density at radius 1 is 0.900 bits per heavy atom. The predicted octanol–water partition coefficient (Wildman–Crippen LogP) is 2.99. The summed E-state index contributed by atoms with van der Waals surface area (Å²) < 4.78 is 52.9. The highest BCUT2D eigenvalue weighted by atomic mass is 19.1. The zero-order chi connectivity index (χ0) is 14.7. The average Bonchev–Trinajstić information content (AvgIpc) is 2.39. The van der Waals surface area contributed by atoms with Crippen LogP contribution in [-0.4, -0.2) is 0 Å². The quantitative estimate of drug-likeness (QED) is 0.514. The monoisotopic (exact) mass is 284 g/mol. The van der Waals surface area contributed by atoms with Crippen molar-refractivity contribution in [2.75, 3.05) is 0 Å². The molecule has 2 rings (SSSR count). The lowest BCUT2D eigenvalue weighted by Crippen LogP contribution is -2.30. The largest absolute Gasteiger partial charge is 0.271 e. The van der Waals surface area contributed by atoms with Crippen molar-refractivity contribution in [3.63, 3.8) is 0 Å². The Labute approximate surface area is 113 Å². The molecule has 0 saturated heterocycles. The molecule has 20 heavy (non-hydrogen) atoms. The fourth-order valence-electron chi connectivity index (χ4n) is 1.95. The van der Waals surface area contributed by atoms with Crippen LogP contribution in [-0.2, 0) is 6.42 Å². The van der Waals surface area contributed by atoms with Crippen molar-refractivity contribution < 1.29 is 17.6 Å². The van der Waals surface area contributed by atoms with Crippen molar-refractivity contribution in [3.05, 3.63) is 70.8 Å². The van der Waals surface area contributed by atoms with Gasteiger partial charge in [-0.15, -0.1) is 0 Å². The van der Waals surface area contributed by atoms with Crippen LogP contribution in [0.1, 0.15) is 17.2 Å². The number of nitrogens with one attached hydrogen (secondary N) is 1. The van der Waals surface area contributed by atoms with Crippen molar-refractivity contribution >= 4 is 0 Å². The summed E-state index contributed by atoms with van der Waals surface area (Å²) in [5, 5.41) is 0. The highest BCUT2D eigenvalue weighted by Gasteiger charge is 2.17. The molecule has 6 heteroatoms. The number of halogens is 4. The van der Waals surface area contributed by atoms with Gasteiger partial charge in [0.15, 0.2) is 0 Å². The van der Waals surface area contributed by atoms with Gasteiger partial charge in [0.2, 0.25) is 0 Å². The third-order valence-electron chi connectivity index (χ3n) is 2.98. The molecule has 2 aromatic rings. The highest BCUT2D eigenvalue weighted by Crippen LogP contribution is 2.23. The maximum absolute atomic E-state index is 13.7. The molecule has 0 bridgehead atoms. The van der Waals surface area contributed by atoms with E-state index in [4.69, 9.17) is 5.84 Å². The number of benzene rings is 2. The van der Waals surface area contributed by atoms with E-state index < -0.39 is 29.3 Å². The van der Waals surface area contributed by atoms with E-state index in [0.717, 1.165) is 24.3 Å². The molecule has 0 aliphatic rings. The summed E-state index contributed by atoms with van der Waals surface area (Å²) in [5.74, 6) is 2.40. The fraction of sp³-hybridized carbons (Fsp3) is 0.143. The summed E-state index contributed by atoms with van der Waals surface area (Å²) in [4.78, 5) is 0. The smallest absolute Gasteiger partial charge is 0.130 e. The van der Waals surface area contributed by atoms with Crippen LogP contribution >= 0.6 is 0 Å². The molecule has 1 unspecified atom stereocenters. The Kier molecular flexibility index (Phi) is 4.36. The summed E-state index contributed by atoms with van der Waals surface area (Å²) in [6, 6.07) is 5.39. The van der Waals surface area contributed by atoms with Crippen LogP contribution in [0.15, 0.2) is 36.4 Å². The summed E-state index contributed by atoms with van der Waals surface area (Å²) >= 11 is 0. The lowest BCUT2D eigenvalue weighted by atomic mass is 9.98. The molecule has 2 nitrogen and oxygen atoms in total. The van der Waals surface area contributed by atoms with E-state index in [1.807, 2.05) is 0 Å². The van der Waals surface area contributed by atoms with Crippen LogP contribution in [0.5, 0.6) is 0 Å². The van der Waals surface area contributed by atoms with Crippen molar-refractivity contribution in [2.24, 2.45) is 5.84 Å². The molecule has 0 aromatic heterocycles. The van der Waals surface area contributed by atoms with E-state index in [0.29, 0.717) is 0 Å². The van der Waals surface area contributed by atoms with Gasteiger partial charge in [-0.25, -0.2) is 17.6 Å². The van der Waals surface area contributed by atoms with E-state index in [9.17, 15) is 17.6 Å². The minimum absolute atomic E-state index is 0.00512. The van der Waals surface area contributed by atoms with Gasteiger partial charge >= 0.3 is 0 Å². The van der Waals surface area contributed by atoms with Gasteiger partial charge in [-0.1, -0.05) is 12.1 Å². The zero-order valence-electron chi connectivity index (χ0n) is 10.3. The van der Waals surface area contributed by atoms with Gasteiger partial charge in [0, 0.05) is 17.7 Å². The summed E-state index contributed by atoms with van der Waals surface area (Å²) in [5.41, 5.74) is 2.63. The number of nitrogens with two attached hydrogens (primary N) is 1. The van der Waals surface area contributed by atoms with E-state index in [1.54, 1.807) is 0 Å². The molecular weight excluding hydrogens is 272 g/mol. The highest BCUT2D eigenvalue weighted by molar-refractivity contribution is 5.26. The minimum atomic E-state index is -0.782. The van der Waals surface area contributed by atoms with E-state index in [2.05, 4.69) is 5.43 Å². The van der Waals surface area contributed by atoms with Crippen molar-refractivity contribution in [3.8, 4) is 0 Å². The number of hydrazine groups is 1. The molecule has 1 atom stereocenters. The topological polar surface area (TPSA) is 38.0 Å². The normalized spacial score (nSPS) is 12.4. The molecule has 0 saturated carbocycles. The van der Waals surface area contributed by atoms with Gasteiger partial charge in [-0.2, -0.15) is 0 Å². The molecule has 0 spiro atoms. The van der Waals surface area contributed by atoms with Crippen LogP contribution in [0, 0.1) is 23.3 Å². The zero-order valence-corrected chi connectivity index (χ0v) is 10.3. The first-order valence-electron chi connectivity index (χ1n) is 5.86. The maximum atomic E-state index is 13.7. The van der Waals surface area contributed by atoms with E-state index >= 15 is 0 Å². The SMILES string of the molecule is NNC(Cc1ccc(F)cc1F)c1ccc(F)cc1F. The minimum Gasteiger partial charge on any atom is -0.271 e. The van der Waals surface area contributed by atoms with Crippen molar-refractivity contribution in [2.45, 2.75) is 12.5 Å². The first kappa shape index (κ1) is 14.5. The summed E-state index contributed by atoms with van der Waals surface area (Å²) in [6.07, 6.45) is 0.00512. The lowest BCUT2D eigenvalue weighted by molar-refractivity contribution is 0.490. The molecule has 0 heterocycles. The molecule has 0 radical (unpaired) electrons. The second kappa shape index (κ2) is 6.02. The Hall–Kier alpha value is -1.92. The second-order valence-electron chi connectivity index (χ2n) is 4.32. The van der Waals surface area contributed by atoms with Crippen LogP contribution in [0.2, 0.25) is 0 Å². The Morgan fingerprint density at radius 3 is 2.05 bits per heavy atom. The molecular formula is C14H12F4N2. The Morgan fingerprint density at radius 2 is 1.50 bits per heavy atom. The lowest BCUT2D eigenvalue weighted by Gasteiger charge is -2.17. The molecule has 106 valence electrons. The van der Waals surface area contributed by atoms with Crippen LogP contribution < -0.4 is 11.3 Å². The molecule has 2 aromatic carbocycles. The van der Waals surface area contributed by atoms with Gasteiger partial charge in [0.05, 0.1) is 6.04 Å². The molecule has 0 amide bonds.